The Morgan fingerprint density at radius 2 is 1.90 bits per heavy atom. The molecule has 0 bridgehead atoms. The molecular weight excluding hydrogens is 124 g/mol. The maximum absolute atomic E-state index is 8.96. The van der Waals surface area contributed by atoms with Crippen LogP contribution < -0.4 is 0 Å². The Kier molecular flexibility index (Phi) is 2.94. The molecule has 0 heterocycles. The molecule has 0 spiro atoms. The molecule has 1 aliphatic carbocycles. The molecule has 0 radical (unpaired) electrons. The van der Waals surface area contributed by atoms with Gasteiger partial charge in [-0.2, -0.15) is 0 Å². The zero-order valence-electron chi connectivity index (χ0n) is 6.59. The molecule has 1 nitrogen and oxygen atoms in total. The van der Waals surface area contributed by atoms with Crippen molar-refractivity contribution >= 4 is 0 Å². The van der Waals surface area contributed by atoms with Gasteiger partial charge in [-0.15, -0.1) is 0 Å². The molecule has 1 rings (SSSR count). The summed E-state index contributed by atoms with van der Waals surface area (Å²) in [5.41, 5.74) is 0. The van der Waals surface area contributed by atoms with Crippen molar-refractivity contribution in [2.45, 2.75) is 26.2 Å². The molecule has 0 fully saturated rings. The van der Waals surface area contributed by atoms with Crippen LogP contribution in [-0.2, 0) is 0 Å². The number of aliphatic hydroxyl groups is 1. The molecule has 1 heteroatoms. The van der Waals surface area contributed by atoms with Crippen LogP contribution in [0.4, 0.5) is 0 Å². The lowest BCUT2D eigenvalue weighted by Crippen LogP contribution is -2.19. The first-order chi connectivity index (χ1) is 4.88. The predicted molar refractivity (Wildman–Crippen MR) is 42.7 cm³/mol. The lowest BCUT2D eigenvalue weighted by atomic mass is 9.82. The third-order valence-electron chi connectivity index (χ3n) is 2.47. The fraction of sp³-hybridized carbons (Fsp3) is 0.778. The first-order valence-electron chi connectivity index (χ1n) is 4.14. The fourth-order valence-electron chi connectivity index (χ4n) is 1.65. The molecule has 1 N–H and O–H groups in total. The Balaban J connectivity index is 2.45. The van der Waals surface area contributed by atoms with E-state index in [4.69, 9.17) is 5.11 Å². The predicted octanol–water partition coefficient (Wildman–Crippen LogP) is 1.97. The van der Waals surface area contributed by atoms with E-state index in [1.807, 2.05) is 0 Å². The monoisotopic (exact) mass is 140 g/mol. The van der Waals surface area contributed by atoms with Crippen LogP contribution in [0, 0.1) is 11.8 Å². The third-order valence-corrected chi connectivity index (χ3v) is 2.47. The Morgan fingerprint density at radius 3 is 2.30 bits per heavy atom. The summed E-state index contributed by atoms with van der Waals surface area (Å²) in [5, 5.41) is 8.96. The van der Waals surface area contributed by atoms with Crippen molar-refractivity contribution in [2.24, 2.45) is 11.8 Å². The minimum atomic E-state index is 0.364. The van der Waals surface area contributed by atoms with Crippen molar-refractivity contribution in [1.82, 2.24) is 0 Å². The molecule has 0 aromatic heterocycles. The molecule has 0 aromatic rings. The summed E-state index contributed by atoms with van der Waals surface area (Å²) >= 11 is 0. The van der Waals surface area contributed by atoms with Gasteiger partial charge in [0.05, 0.1) is 0 Å². The molecule has 0 saturated carbocycles. The highest BCUT2D eigenvalue weighted by Crippen LogP contribution is 2.27. The molecule has 0 aromatic carbocycles. The zero-order chi connectivity index (χ0) is 7.40. The molecule has 0 amide bonds. The van der Waals surface area contributed by atoms with Crippen LogP contribution in [0.1, 0.15) is 26.2 Å². The Hall–Kier alpha value is -0.300. The van der Waals surface area contributed by atoms with Crippen molar-refractivity contribution in [1.29, 1.82) is 0 Å². The van der Waals surface area contributed by atoms with Gasteiger partial charge >= 0.3 is 0 Å². The molecular formula is C9H16O. The maximum atomic E-state index is 8.96. The SMILES string of the molecule is CCC1CC=CCC1CO. The van der Waals surface area contributed by atoms with Gasteiger partial charge in [-0.25, -0.2) is 0 Å². The minimum absolute atomic E-state index is 0.364. The highest BCUT2D eigenvalue weighted by molar-refractivity contribution is 4.93. The summed E-state index contributed by atoms with van der Waals surface area (Å²) in [6, 6.07) is 0. The minimum Gasteiger partial charge on any atom is -0.396 e. The van der Waals surface area contributed by atoms with Crippen LogP contribution in [0.25, 0.3) is 0 Å². The number of rotatable bonds is 2. The second-order valence-electron chi connectivity index (χ2n) is 3.05. The van der Waals surface area contributed by atoms with Gasteiger partial charge in [-0.1, -0.05) is 25.5 Å². The van der Waals surface area contributed by atoms with Gasteiger partial charge in [0.15, 0.2) is 0 Å². The summed E-state index contributed by atoms with van der Waals surface area (Å²) in [4.78, 5) is 0. The molecule has 1 aliphatic rings. The van der Waals surface area contributed by atoms with E-state index < -0.39 is 0 Å². The molecule has 0 aliphatic heterocycles. The maximum Gasteiger partial charge on any atom is 0.0464 e. The number of hydrogen-bond acceptors (Lipinski definition) is 1. The molecule has 2 unspecified atom stereocenters. The number of aliphatic hydroxyl groups excluding tert-OH is 1. The van der Waals surface area contributed by atoms with Crippen LogP contribution in [0.3, 0.4) is 0 Å². The number of hydrogen-bond donors (Lipinski definition) is 1. The van der Waals surface area contributed by atoms with E-state index in [0.29, 0.717) is 12.5 Å². The first-order valence-corrected chi connectivity index (χ1v) is 4.14. The normalized spacial score (nSPS) is 32.6. The van der Waals surface area contributed by atoms with Gasteiger partial charge < -0.3 is 5.11 Å². The first kappa shape index (κ1) is 7.80. The second-order valence-corrected chi connectivity index (χ2v) is 3.05. The molecule has 0 saturated heterocycles. The van der Waals surface area contributed by atoms with Crippen molar-refractivity contribution in [3.05, 3.63) is 12.2 Å². The van der Waals surface area contributed by atoms with E-state index >= 15 is 0 Å². The highest BCUT2D eigenvalue weighted by atomic mass is 16.3. The molecule has 10 heavy (non-hydrogen) atoms. The lowest BCUT2D eigenvalue weighted by molar-refractivity contribution is 0.168. The number of allylic oxidation sites excluding steroid dienone is 2. The average molecular weight is 140 g/mol. The van der Waals surface area contributed by atoms with E-state index in [1.54, 1.807) is 0 Å². The topological polar surface area (TPSA) is 20.2 Å². The summed E-state index contributed by atoms with van der Waals surface area (Å²) < 4.78 is 0. The van der Waals surface area contributed by atoms with Gasteiger partial charge in [-0.05, 0) is 24.7 Å². The highest BCUT2D eigenvalue weighted by Gasteiger charge is 2.19. The van der Waals surface area contributed by atoms with Crippen LogP contribution in [0.5, 0.6) is 0 Å². The lowest BCUT2D eigenvalue weighted by Gasteiger charge is -2.25. The smallest absolute Gasteiger partial charge is 0.0464 e. The summed E-state index contributed by atoms with van der Waals surface area (Å²) in [5.74, 6) is 1.27. The average Bonchev–Trinajstić information content (AvgIpc) is 2.04. The van der Waals surface area contributed by atoms with E-state index in [0.717, 1.165) is 12.3 Å². The zero-order valence-corrected chi connectivity index (χ0v) is 6.59. The van der Waals surface area contributed by atoms with Crippen molar-refractivity contribution in [3.8, 4) is 0 Å². The molecule has 58 valence electrons. The van der Waals surface area contributed by atoms with E-state index in [-0.39, 0.29) is 0 Å². The van der Waals surface area contributed by atoms with E-state index in [2.05, 4.69) is 19.1 Å². The quantitative estimate of drug-likeness (QED) is 0.581. The molecule has 2 atom stereocenters. The summed E-state index contributed by atoms with van der Waals surface area (Å²) in [6.45, 7) is 2.56. The van der Waals surface area contributed by atoms with Gasteiger partial charge in [0, 0.05) is 6.61 Å². The van der Waals surface area contributed by atoms with E-state index in [1.165, 1.54) is 12.8 Å². The Morgan fingerprint density at radius 1 is 1.30 bits per heavy atom. The third kappa shape index (κ3) is 1.60. The largest absolute Gasteiger partial charge is 0.396 e. The van der Waals surface area contributed by atoms with Crippen LogP contribution in [-0.4, -0.2) is 11.7 Å². The van der Waals surface area contributed by atoms with E-state index in [9.17, 15) is 0 Å². The Bertz CT molecular complexity index is 104. The van der Waals surface area contributed by atoms with Gasteiger partial charge in [0.2, 0.25) is 0 Å². The van der Waals surface area contributed by atoms with Crippen LogP contribution in [0.15, 0.2) is 12.2 Å². The van der Waals surface area contributed by atoms with Crippen molar-refractivity contribution in [2.75, 3.05) is 6.61 Å². The fourth-order valence-corrected chi connectivity index (χ4v) is 1.65. The van der Waals surface area contributed by atoms with Crippen LogP contribution >= 0.6 is 0 Å². The summed E-state index contributed by atoms with van der Waals surface area (Å²) in [6.07, 6.45) is 7.87. The summed E-state index contributed by atoms with van der Waals surface area (Å²) in [7, 11) is 0. The van der Waals surface area contributed by atoms with Crippen molar-refractivity contribution < 1.29 is 5.11 Å². The van der Waals surface area contributed by atoms with Gasteiger partial charge in [0.25, 0.3) is 0 Å². The second kappa shape index (κ2) is 3.77. The standard InChI is InChI=1S/C9H16O/c1-2-8-5-3-4-6-9(8)7-10/h3-4,8-10H,2,5-7H2,1H3. The van der Waals surface area contributed by atoms with Gasteiger partial charge in [-0.3, -0.25) is 0 Å². The van der Waals surface area contributed by atoms with Crippen LogP contribution in [0.2, 0.25) is 0 Å². The van der Waals surface area contributed by atoms with Crippen molar-refractivity contribution in [3.63, 3.8) is 0 Å². The Labute approximate surface area is 62.8 Å². The van der Waals surface area contributed by atoms with Gasteiger partial charge in [0.1, 0.15) is 0 Å².